The molecule has 0 amide bonds. The van der Waals surface area contributed by atoms with Crippen molar-refractivity contribution in [3.8, 4) is 5.75 Å². The van der Waals surface area contributed by atoms with Crippen molar-refractivity contribution < 1.29 is 4.74 Å². The van der Waals surface area contributed by atoms with Gasteiger partial charge in [0.25, 0.3) is 0 Å². The number of benzene rings is 1. The van der Waals surface area contributed by atoms with Crippen molar-refractivity contribution in [3.63, 3.8) is 0 Å². The van der Waals surface area contributed by atoms with E-state index in [1.165, 1.54) is 0 Å². The Bertz CT molecular complexity index is 198. The molecule has 11 heavy (non-hydrogen) atoms. The van der Waals surface area contributed by atoms with Gasteiger partial charge in [-0.15, -0.1) is 11.6 Å². The molecule has 0 N–H and O–H groups in total. The van der Waals surface area contributed by atoms with E-state index in [9.17, 15) is 0 Å². The van der Waals surface area contributed by atoms with Gasteiger partial charge >= 0.3 is 0 Å². The van der Waals surface area contributed by atoms with Crippen molar-refractivity contribution in [3.05, 3.63) is 30.3 Å². The Balaban J connectivity index is 2.51. The van der Waals surface area contributed by atoms with Gasteiger partial charge < -0.3 is 4.74 Å². The van der Waals surface area contributed by atoms with E-state index in [1.54, 1.807) is 0 Å². The highest BCUT2D eigenvalue weighted by atomic mass is 35.5. The molecule has 1 rings (SSSR count). The minimum atomic E-state index is 0.0825. The second-order valence-electron chi connectivity index (χ2n) is 2.40. The third kappa shape index (κ3) is 2.81. The zero-order valence-corrected chi connectivity index (χ0v) is 7.21. The molecule has 1 aromatic rings. The lowest BCUT2D eigenvalue weighted by atomic mass is 10.3. The lowest BCUT2D eigenvalue weighted by molar-refractivity contribution is 0.245. The SMILES string of the molecule is CC(CCl)Oc1ccccc1. The number of hydrogen-bond donors (Lipinski definition) is 0. The van der Waals surface area contributed by atoms with Gasteiger partial charge in [0.2, 0.25) is 0 Å². The second kappa shape index (κ2) is 4.24. The van der Waals surface area contributed by atoms with Gasteiger partial charge in [0.1, 0.15) is 11.9 Å². The standard InChI is InChI=1S/C9H11ClO/c1-8(7-10)11-9-5-3-2-4-6-9/h2-6,8H,7H2,1H3. The second-order valence-corrected chi connectivity index (χ2v) is 2.70. The van der Waals surface area contributed by atoms with Crippen LogP contribution in [0.15, 0.2) is 30.3 Å². The molecule has 1 unspecified atom stereocenters. The number of alkyl halides is 1. The van der Waals surface area contributed by atoms with E-state index < -0.39 is 0 Å². The Labute approximate surface area is 71.9 Å². The van der Waals surface area contributed by atoms with Crippen LogP contribution in [0.4, 0.5) is 0 Å². The topological polar surface area (TPSA) is 9.23 Å². The highest BCUT2D eigenvalue weighted by molar-refractivity contribution is 6.18. The molecule has 0 aliphatic rings. The Kier molecular flexibility index (Phi) is 3.24. The highest BCUT2D eigenvalue weighted by Crippen LogP contribution is 2.10. The summed E-state index contributed by atoms with van der Waals surface area (Å²) in [6.45, 7) is 1.94. The fourth-order valence-corrected chi connectivity index (χ4v) is 0.826. The van der Waals surface area contributed by atoms with Crippen LogP contribution in [-0.2, 0) is 0 Å². The molecule has 1 aromatic carbocycles. The fraction of sp³-hybridized carbons (Fsp3) is 0.333. The van der Waals surface area contributed by atoms with Crippen LogP contribution in [0.1, 0.15) is 6.92 Å². The number of para-hydroxylation sites is 1. The van der Waals surface area contributed by atoms with Crippen LogP contribution in [-0.4, -0.2) is 12.0 Å². The molecule has 2 heteroatoms. The molecule has 0 fully saturated rings. The predicted octanol–water partition coefficient (Wildman–Crippen LogP) is 2.69. The van der Waals surface area contributed by atoms with Crippen molar-refractivity contribution >= 4 is 11.6 Å². The molecule has 60 valence electrons. The van der Waals surface area contributed by atoms with E-state index in [4.69, 9.17) is 16.3 Å². The summed E-state index contributed by atoms with van der Waals surface area (Å²) in [4.78, 5) is 0. The van der Waals surface area contributed by atoms with E-state index in [0.29, 0.717) is 5.88 Å². The van der Waals surface area contributed by atoms with Crippen molar-refractivity contribution in [1.82, 2.24) is 0 Å². The quantitative estimate of drug-likeness (QED) is 0.634. The van der Waals surface area contributed by atoms with Crippen molar-refractivity contribution in [1.29, 1.82) is 0 Å². The largest absolute Gasteiger partial charge is 0.489 e. The first-order valence-corrected chi connectivity index (χ1v) is 4.14. The zero-order chi connectivity index (χ0) is 8.10. The third-order valence-electron chi connectivity index (χ3n) is 1.30. The number of ether oxygens (including phenoxy) is 1. The van der Waals surface area contributed by atoms with Crippen molar-refractivity contribution in [2.75, 3.05) is 5.88 Å². The van der Waals surface area contributed by atoms with E-state index in [1.807, 2.05) is 37.3 Å². The molecule has 0 aliphatic heterocycles. The van der Waals surface area contributed by atoms with E-state index in [-0.39, 0.29) is 6.10 Å². The van der Waals surface area contributed by atoms with E-state index in [2.05, 4.69) is 0 Å². The molecule has 0 radical (unpaired) electrons. The van der Waals surface area contributed by atoms with Gasteiger partial charge in [-0.2, -0.15) is 0 Å². The van der Waals surface area contributed by atoms with Crippen LogP contribution in [0.5, 0.6) is 5.75 Å². The molecule has 0 spiro atoms. The molecule has 1 atom stereocenters. The Hall–Kier alpha value is -0.690. The van der Waals surface area contributed by atoms with Gasteiger partial charge in [-0.05, 0) is 19.1 Å². The summed E-state index contributed by atoms with van der Waals surface area (Å²) in [7, 11) is 0. The van der Waals surface area contributed by atoms with Gasteiger partial charge in [-0.3, -0.25) is 0 Å². The van der Waals surface area contributed by atoms with Crippen molar-refractivity contribution in [2.24, 2.45) is 0 Å². The molecule has 0 aromatic heterocycles. The maximum Gasteiger partial charge on any atom is 0.119 e. The van der Waals surface area contributed by atoms with Crippen LogP contribution < -0.4 is 4.74 Å². The maximum absolute atomic E-state index is 5.58. The van der Waals surface area contributed by atoms with Crippen LogP contribution in [0.3, 0.4) is 0 Å². The Morgan fingerprint density at radius 3 is 2.55 bits per heavy atom. The van der Waals surface area contributed by atoms with Crippen molar-refractivity contribution in [2.45, 2.75) is 13.0 Å². The average molecular weight is 171 g/mol. The summed E-state index contributed by atoms with van der Waals surface area (Å²) >= 11 is 5.58. The van der Waals surface area contributed by atoms with Gasteiger partial charge in [0.15, 0.2) is 0 Å². The first kappa shape index (κ1) is 8.41. The minimum Gasteiger partial charge on any atom is -0.489 e. The first-order valence-electron chi connectivity index (χ1n) is 3.60. The normalized spacial score (nSPS) is 12.5. The van der Waals surface area contributed by atoms with Gasteiger partial charge in [0.05, 0.1) is 5.88 Å². The lowest BCUT2D eigenvalue weighted by Crippen LogP contribution is -2.12. The minimum absolute atomic E-state index is 0.0825. The van der Waals surface area contributed by atoms with Gasteiger partial charge in [-0.1, -0.05) is 18.2 Å². The molecular formula is C9H11ClO. The number of hydrogen-bond acceptors (Lipinski definition) is 1. The van der Waals surface area contributed by atoms with Gasteiger partial charge in [-0.25, -0.2) is 0 Å². The van der Waals surface area contributed by atoms with Crippen LogP contribution in [0.25, 0.3) is 0 Å². The lowest BCUT2D eigenvalue weighted by Gasteiger charge is -2.10. The Morgan fingerprint density at radius 2 is 2.00 bits per heavy atom. The summed E-state index contributed by atoms with van der Waals surface area (Å²) < 4.78 is 5.43. The molecule has 0 saturated carbocycles. The Morgan fingerprint density at radius 1 is 1.36 bits per heavy atom. The molecule has 0 aliphatic carbocycles. The summed E-state index contributed by atoms with van der Waals surface area (Å²) in [6, 6.07) is 9.68. The zero-order valence-electron chi connectivity index (χ0n) is 6.46. The summed E-state index contributed by atoms with van der Waals surface area (Å²) in [5.74, 6) is 1.40. The molecule has 0 bridgehead atoms. The summed E-state index contributed by atoms with van der Waals surface area (Å²) in [5.41, 5.74) is 0. The van der Waals surface area contributed by atoms with Crippen LogP contribution >= 0.6 is 11.6 Å². The molecule has 0 heterocycles. The van der Waals surface area contributed by atoms with Crippen LogP contribution in [0.2, 0.25) is 0 Å². The highest BCUT2D eigenvalue weighted by Gasteiger charge is 1.99. The first-order chi connectivity index (χ1) is 5.33. The molecule has 0 saturated heterocycles. The number of halogens is 1. The molecule has 1 nitrogen and oxygen atoms in total. The smallest absolute Gasteiger partial charge is 0.119 e. The fourth-order valence-electron chi connectivity index (χ4n) is 0.763. The van der Waals surface area contributed by atoms with E-state index >= 15 is 0 Å². The summed E-state index contributed by atoms with van der Waals surface area (Å²) in [5, 5.41) is 0. The van der Waals surface area contributed by atoms with Crippen LogP contribution in [0, 0.1) is 0 Å². The third-order valence-corrected chi connectivity index (χ3v) is 1.73. The monoisotopic (exact) mass is 170 g/mol. The van der Waals surface area contributed by atoms with E-state index in [0.717, 1.165) is 5.75 Å². The molecular weight excluding hydrogens is 160 g/mol. The maximum atomic E-state index is 5.58. The number of rotatable bonds is 3. The average Bonchev–Trinajstić information content (AvgIpc) is 2.06. The summed E-state index contributed by atoms with van der Waals surface area (Å²) in [6.07, 6.45) is 0.0825. The predicted molar refractivity (Wildman–Crippen MR) is 47.3 cm³/mol. The van der Waals surface area contributed by atoms with Gasteiger partial charge in [0, 0.05) is 0 Å².